The van der Waals surface area contributed by atoms with E-state index in [4.69, 9.17) is 16.3 Å². The van der Waals surface area contributed by atoms with Gasteiger partial charge in [0.2, 0.25) is 0 Å². The molecular weight excluding hydrogens is 451 g/mol. The number of halogens is 2. The van der Waals surface area contributed by atoms with Crippen LogP contribution in [0, 0.1) is 19.7 Å². The van der Waals surface area contributed by atoms with Gasteiger partial charge in [0.1, 0.15) is 5.82 Å². The summed E-state index contributed by atoms with van der Waals surface area (Å²) in [6, 6.07) is 20.5. The van der Waals surface area contributed by atoms with E-state index in [9.17, 15) is 9.18 Å². The molecule has 1 aliphatic heterocycles. The maximum absolute atomic E-state index is 13.7. The van der Waals surface area contributed by atoms with Gasteiger partial charge in [-0.2, -0.15) is 0 Å². The number of rotatable bonds is 7. The quantitative estimate of drug-likeness (QED) is 0.427. The molecule has 0 spiro atoms. The highest BCUT2D eigenvalue weighted by atomic mass is 35.5. The van der Waals surface area contributed by atoms with E-state index in [0.717, 1.165) is 29.8 Å². The summed E-state index contributed by atoms with van der Waals surface area (Å²) in [5, 5.41) is 0.695. The predicted octanol–water partition coefficient (Wildman–Crippen LogP) is 5.81. The van der Waals surface area contributed by atoms with Crippen LogP contribution in [-0.4, -0.2) is 48.4 Å². The van der Waals surface area contributed by atoms with E-state index >= 15 is 0 Å². The van der Waals surface area contributed by atoms with Gasteiger partial charge in [0.05, 0.1) is 12.7 Å². The fourth-order valence-corrected chi connectivity index (χ4v) is 4.42. The number of amides is 1. The highest BCUT2D eigenvalue weighted by Crippen LogP contribution is 2.24. The standard InChI is InChI=1S/C28H30ClFN2O2/c1-20-4-3-5-22(16-20)19-34-27(23-7-9-24(29)10-8-23)18-31-12-14-32(15-13-31)28(33)26-17-25(30)11-6-21(26)2/h3-11,16-17,27H,12-15,18-19H2,1-2H3/t27-/m1/s1. The lowest BCUT2D eigenvalue weighted by Crippen LogP contribution is -2.49. The minimum absolute atomic E-state index is 0.110. The molecule has 6 heteroatoms. The number of hydrogen-bond donors (Lipinski definition) is 0. The summed E-state index contributed by atoms with van der Waals surface area (Å²) in [4.78, 5) is 17.1. The van der Waals surface area contributed by atoms with Crippen LogP contribution in [-0.2, 0) is 11.3 Å². The normalized spacial score (nSPS) is 15.4. The van der Waals surface area contributed by atoms with Gasteiger partial charge in [0, 0.05) is 43.3 Å². The van der Waals surface area contributed by atoms with Crippen LogP contribution in [0.4, 0.5) is 4.39 Å². The number of hydrogen-bond acceptors (Lipinski definition) is 3. The van der Waals surface area contributed by atoms with Crippen molar-refractivity contribution >= 4 is 17.5 Å². The minimum Gasteiger partial charge on any atom is -0.368 e. The van der Waals surface area contributed by atoms with Gasteiger partial charge in [0.25, 0.3) is 5.91 Å². The van der Waals surface area contributed by atoms with Gasteiger partial charge in [-0.3, -0.25) is 9.69 Å². The van der Waals surface area contributed by atoms with Crippen molar-refractivity contribution in [2.24, 2.45) is 0 Å². The predicted molar refractivity (Wildman–Crippen MR) is 134 cm³/mol. The molecule has 3 aromatic carbocycles. The van der Waals surface area contributed by atoms with Crippen molar-refractivity contribution < 1.29 is 13.9 Å². The first kappa shape index (κ1) is 24.4. The third kappa shape index (κ3) is 6.23. The van der Waals surface area contributed by atoms with Gasteiger partial charge in [-0.15, -0.1) is 0 Å². The summed E-state index contributed by atoms with van der Waals surface area (Å²) < 4.78 is 20.1. The van der Waals surface area contributed by atoms with Gasteiger partial charge in [-0.25, -0.2) is 4.39 Å². The molecule has 0 aromatic heterocycles. The first-order valence-electron chi connectivity index (χ1n) is 11.6. The van der Waals surface area contributed by atoms with E-state index in [-0.39, 0.29) is 17.8 Å². The molecule has 1 fully saturated rings. The Morgan fingerprint density at radius 1 is 1.00 bits per heavy atom. The summed E-state index contributed by atoms with van der Waals surface area (Å²) in [5.74, 6) is -0.495. The van der Waals surface area contributed by atoms with E-state index in [0.29, 0.717) is 36.8 Å². The molecule has 1 saturated heterocycles. The van der Waals surface area contributed by atoms with Crippen molar-refractivity contribution in [3.63, 3.8) is 0 Å². The Kier molecular flexibility index (Phi) is 7.99. The maximum atomic E-state index is 13.7. The lowest BCUT2D eigenvalue weighted by atomic mass is 10.1. The maximum Gasteiger partial charge on any atom is 0.254 e. The SMILES string of the molecule is Cc1cccc(CO[C@H](CN2CCN(C(=O)c3cc(F)ccc3C)CC2)c2ccc(Cl)cc2)c1. The Morgan fingerprint density at radius 3 is 2.44 bits per heavy atom. The van der Waals surface area contributed by atoms with E-state index in [1.165, 1.54) is 17.7 Å². The number of ether oxygens (including phenoxy) is 1. The summed E-state index contributed by atoms with van der Waals surface area (Å²) in [7, 11) is 0. The first-order chi connectivity index (χ1) is 16.4. The average molecular weight is 481 g/mol. The molecule has 1 aliphatic rings. The number of carbonyl (C=O) groups excluding carboxylic acids is 1. The zero-order chi connectivity index (χ0) is 24.1. The molecule has 1 heterocycles. The molecule has 0 unspecified atom stereocenters. The average Bonchev–Trinajstić information content (AvgIpc) is 2.84. The van der Waals surface area contributed by atoms with Crippen LogP contribution in [0.1, 0.15) is 38.7 Å². The van der Waals surface area contributed by atoms with E-state index in [2.05, 4.69) is 30.0 Å². The molecule has 3 aromatic rings. The molecule has 0 bridgehead atoms. The zero-order valence-electron chi connectivity index (χ0n) is 19.6. The molecule has 178 valence electrons. The summed E-state index contributed by atoms with van der Waals surface area (Å²) in [5.41, 5.74) is 4.65. The van der Waals surface area contributed by atoms with Crippen molar-refractivity contribution in [2.75, 3.05) is 32.7 Å². The third-order valence-electron chi connectivity index (χ3n) is 6.29. The van der Waals surface area contributed by atoms with Crippen molar-refractivity contribution in [1.29, 1.82) is 0 Å². The number of piperazine rings is 1. The van der Waals surface area contributed by atoms with Gasteiger partial charge in [-0.1, -0.05) is 59.6 Å². The Labute approximate surface area is 205 Å². The van der Waals surface area contributed by atoms with Gasteiger partial charge in [0.15, 0.2) is 0 Å². The van der Waals surface area contributed by atoms with Crippen LogP contribution in [0.3, 0.4) is 0 Å². The van der Waals surface area contributed by atoms with E-state index in [1.807, 2.05) is 42.2 Å². The smallest absolute Gasteiger partial charge is 0.254 e. The number of benzene rings is 3. The first-order valence-corrected chi connectivity index (χ1v) is 12.0. The lowest BCUT2D eigenvalue weighted by molar-refractivity contribution is 0.00340. The largest absolute Gasteiger partial charge is 0.368 e. The van der Waals surface area contributed by atoms with Crippen molar-refractivity contribution in [1.82, 2.24) is 9.80 Å². The van der Waals surface area contributed by atoms with Crippen LogP contribution in [0.2, 0.25) is 5.02 Å². The highest BCUT2D eigenvalue weighted by molar-refractivity contribution is 6.30. The van der Waals surface area contributed by atoms with Crippen LogP contribution < -0.4 is 0 Å². The fraction of sp³-hybridized carbons (Fsp3) is 0.321. The molecule has 1 amide bonds. The van der Waals surface area contributed by atoms with E-state index < -0.39 is 0 Å². The van der Waals surface area contributed by atoms with Crippen molar-refractivity contribution in [3.8, 4) is 0 Å². The van der Waals surface area contributed by atoms with E-state index in [1.54, 1.807) is 6.07 Å². The highest BCUT2D eigenvalue weighted by Gasteiger charge is 2.26. The third-order valence-corrected chi connectivity index (χ3v) is 6.54. The monoisotopic (exact) mass is 480 g/mol. The molecule has 4 nitrogen and oxygen atoms in total. The zero-order valence-corrected chi connectivity index (χ0v) is 20.4. The lowest BCUT2D eigenvalue weighted by Gasteiger charge is -2.36. The van der Waals surface area contributed by atoms with Crippen LogP contribution in [0.15, 0.2) is 66.7 Å². The van der Waals surface area contributed by atoms with Crippen LogP contribution in [0.25, 0.3) is 0 Å². The topological polar surface area (TPSA) is 32.8 Å². The Morgan fingerprint density at radius 2 is 1.74 bits per heavy atom. The minimum atomic E-state index is -0.385. The molecule has 4 rings (SSSR count). The van der Waals surface area contributed by atoms with Crippen molar-refractivity contribution in [2.45, 2.75) is 26.6 Å². The van der Waals surface area contributed by atoms with Crippen LogP contribution >= 0.6 is 11.6 Å². The number of carbonyl (C=O) groups is 1. The Balaban J connectivity index is 1.40. The molecule has 0 N–H and O–H groups in total. The van der Waals surface area contributed by atoms with Gasteiger partial charge < -0.3 is 9.64 Å². The molecule has 1 atom stereocenters. The second-order valence-electron chi connectivity index (χ2n) is 8.89. The van der Waals surface area contributed by atoms with Gasteiger partial charge in [-0.05, 0) is 54.8 Å². The summed E-state index contributed by atoms with van der Waals surface area (Å²) in [6.45, 7) is 7.81. The molecular formula is C28H30ClFN2O2. The summed E-state index contributed by atoms with van der Waals surface area (Å²) >= 11 is 6.10. The molecule has 0 saturated carbocycles. The molecule has 0 radical (unpaired) electrons. The summed E-state index contributed by atoms with van der Waals surface area (Å²) in [6.07, 6.45) is -0.120. The molecule has 34 heavy (non-hydrogen) atoms. The number of nitrogens with zero attached hydrogens (tertiary/aromatic N) is 2. The molecule has 0 aliphatic carbocycles. The Bertz CT molecular complexity index is 1130. The second-order valence-corrected chi connectivity index (χ2v) is 9.33. The van der Waals surface area contributed by atoms with Gasteiger partial charge >= 0.3 is 0 Å². The van der Waals surface area contributed by atoms with Crippen LogP contribution in [0.5, 0.6) is 0 Å². The fourth-order valence-electron chi connectivity index (χ4n) is 4.29. The Hall–Kier alpha value is -2.73. The van der Waals surface area contributed by atoms with Crippen molar-refractivity contribution in [3.05, 3.63) is 105 Å². The second kappa shape index (κ2) is 11.1. The number of aryl methyl sites for hydroxylation is 2.